The number of amides is 1. The zero-order valence-electron chi connectivity index (χ0n) is 10.9. The van der Waals surface area contributed by atoms with E-state index in [0.29, 0.717) is 15.7 Å². The molecule has 0 saturated carbocycles. The molecule has 0 aromatic carbocycles. The van der Waals surface area contributed by atoms with Crippen LogP contribution in [0.5, 0.6) is 0 Å². The quantitative estimate of drug-likeness (QED) is 0.772. The van der Waals surface area contributed by atoms with Crippen molar-refractivity contribution < 1.29 is 19.1 Å². The SMILES string of the molecule is Cc1[nH]c(=O)c(C(=O)NCc2ccoc2C(=O)O)cc1Br. The second-order valence-corrected chi connectivity index (χ2v) is 5.10. The van der Waals surface area contributed by atoms with E-state index in [1.54, 1.807) is 6.92 Å². The number of H-pyrrole nitrogens is 1. The van der Waals surface area contributed by atoms with Crippen molar-refractivity contribution in [2.24, 2.45) is 0 Å². The molecule has 0 spiro atoms. The van der Waals surface area contributed by atoms with Gasteiger partial charge in [0, 0.05) is 22.3 Å². The van der Waals surface area contributed by atoms with Crippen molar-refractivity contribution >= 4 is 27.8 Å². The van der Waals surface area contributed by atoms with Crippen LogP contribution in [0.3, 0.4) is 0 Å². The summed E-state index contributed by atoms with van der Waals surface area (Å²) in [6, 6.07) is 2.86. The van der Waals surface area contributed by atoms with E-state index >= 15 is 0 Å². The molecule has 2 rings (SSSR count). The molecule has 110 valence electrons. The van der Waals surface area contributed by atoms with Gasteiger partial charge in [0.2, 0.25) is 5.76 Å². The van der Waals surface area contributed by atoms with Crippen molar-refractivity contribution in [1.29, 1.82) is 0 Å². The third-order valence-corrected chi connectivity index (χ3v) is 3.62. The Morgan fingerprint density at radius 3 is 2.86 bits per heavy atom. The lowest BCUT2D eigenvalue weighted by Crippen LogP contribution is -2.29. The lowest BCUT2D eigenvalue weighted by Gasteiger charge is -2.05. The minimum absolute atomic E-state index is 0.0537. The molecule has 0 saturated heterocycles. The number of carboxylic acid groups (broad SMARTS) is 1. The monoisotopic (exact) mass is 354 g/mol. The molecule has 2 aromatic rings. The van der Waals surface area contributed by atoms with Crippen molar-refractivity contribution in [1.82, 2.24) is 10.3 Å². The van der Waals surface area contributed by atoms with Crippen LogP contribution in [0.25, 0.3) is 0 Å². The summed E-state index contributed by atoms with van der Waals surface area (Å²) in [4.78, 5) is 37.1. The number of halogens is 1. The Bertz CT molecular complexity index is 762. The van der Waals surface area contributed by atoms with Crippen LogP contribution in [0.15, 0.2) is 32.1 Å². The molecule has 0 fully saturated rings. The number of rotatable bonds is 4. The fraction of sp³-hybridized carbons (Fsp3) is 0.154. The van der Waals surface area contributed by atoms with Crippen LogP contribution < -0.4 is 10.9 Å². The summed E-state index contributed by atoms with van der Waals surface area (Å²) in [5, 5.41) is 11.4. The Kier molecular flexibility index (Phi) is 4.27. The number of aromatic carboxylic acids is 1. The number of pyridine rings is 1. The van der Waals surface area contributed by atoms with Crippen molar-refractivity contribution in [3.05, 3.63) is 55.8 Å². The van der Waals surface area contributed by atoms with Crippen LogP contribution in [0.1, 0.15) is 32.2 Å². The minimum Gasteiger partial charge on any atom is -0.475 e. The first-order valence-corrected chi connectivity index (χ1v) is 6.66. The highest BCUT2D eigenvalue weighted by Crippen LogP contribution is 2.13. The van der Waals surface area contributed by atoms with Gasteiger partial charge in [-0.05, 0) is 35.0 Å². The number of aryl methyl sites for hydroxylation is 1. The predicted octanol–water partition coefficient (Wildman–Crippen LogP) is 1.67. The molecule has 0 aliphatic carbocycles. The highest BCUT2D eigenvalue weighted by molar-refractivity contribution is 9.10. The number of aromatic nitrogens is 1. The van der Waals surface area contributed by atoms with E-state index in [1.165, 1.54) is 18.4 Å². The molecule has 0 aliphatic heterocycles. The number of hydrogen-bond acceptors (Lipinski definition) is 4. The maximum atomic E-state index is 12.0. The molecule has 3 N–H and O–H groups in total. The number of aromatic amines is 1. The van der Waals surface area contributed by atoms with Crippen LogP contribution in [0.2, 0.25) is 0 Å². The molecule has 8 heteroatoms. The van der Waals surface area contributed by atoms with E-state index in [4.69, 9.17) is 9.52 Å². The van der Waals surface area contributed by atoms with Gasteiger partial charge in [0.1, 0.15) is 5.56 Å². The lowest BCUT2D eigenvalue weighted by atomic mass is 10.2. The maximum Gasteiger partial charge on any atom is 0.372 e. The first-order valence-electron chi connectivity index (χ1n) is 5.87. The number of carbonyl (C=O) groups excluding carboxylic acids is 1. The Morgan fingerprint density at radius 1 is 1.48 bits per heavy atom. The second-order valence-electron chi connectivity index (χ2n) is 4.25. The minimum atomic E-state index is -1.22. The maximum absolute atomic E-state index is 12.0. The van der Waals surface area contributed by atoms with Gasteiger partial charge in [-0.3, -0.25) is 9.59 Å². The molecular weight excluding hydrogens is 344 g/mol. The third-order valence-electron chi connectivity index (χ3n) is 2.80. The first-order chi connectivity index (χ1) is 9.90. The highest BCUT2D eigenvalue weighted by atomic mass is 79.9. The van der Waals surface area contributed by atoms with Crippen molar-refractivity contribution in [2.45, 2.75) is 13.5 Å². The van der Waals surface area contributed by atoms with Crippen molar-refractivity contribution in [2.75, 3.05) is 0 Å². The van der Waals surface area contributed by atoms with E-state index in [-0.39, 0.29) is 17.9 Å². The molecule has 1 amide bonds. The van der Waals surface area contributed by atoms with Crippen molar-refractivity contribution in [3.8, 4) is 0 Å². The predicted molar refractivity (Wildman–Crippen MR) is 76.3 cm³/mol. The number of furan rings is 1. The molecule has 0 radical (unpaired) electrons. The Labute approximate surface area is 127 Å². The van der Waals surface area contributed by atoms with Gasteiger partial charge in [-0.1, -0.05) is 0 Å². The first kappa shape index (κ1) is 15.0. The zero-order chi connectivity index (χ0) is 15.6. The van der Waals surface area contributed by atoms with Crippen LogP contribution in [0, 0.1) is 6.92 Å². The molecule has 0 unspecified atom stereocenters. The van der Waals surface area contributed by atoms with E-state index in [0.717, 1.165) is 0 Å². The summed E-state index contributed by atoms with van der Waals surface area (Å²) in [5.41, 5.74) is 0.352. The second kappa shape index (κ2) is 5.96. The van der Waals surface area contributed by atoms with Gasteiger partial charge in [0.15, 0.2) is 0 Å². The summed E-state index contributed by atoms with van der Waals surface area (Å²) in [5.74, 6) is -2.07. The van der Waals surface area contributed by atoms with E-state index in [9.17, 15) is 14.4 Å². The molecular formula is C13H11BrN2O5. The molecule has 0 aliphatic rings. The summed E-state index contributed by atoms with van der Waals surface area (Å²) in [6.45, 7) is 1.64. The normalized spacial score (nSPS) is 10.4. The summed E-state index contributed by atoms with van der Waals surface area (Å²) >= 11 is 3.23. The molecule has 0 atom stereocenters. The number of nitrogens with one attached hydrogen (secondary N) is 2. The Hall–Kier alpha value is -2.35. The summed E-state index contributed by atoms with van der Waals surface area (Å²) < 4.78 is 5.40. The highest BCUT2D eigenvalue weighted by Gasteiger charge is 2.16. The molecule has 2 heterocycles. The molecule has 0 bridgehead atoms. The van der Waals surface area contributed by atoms with Gasteiger partial charge in [-0.15, -0.1) is 0 Å². The van der Waals surface area contributed by atoms with Crippen LogP contribution >= 0.6 is 15.9 Å². The average Bonchev–Trinajstić information content (AvgIpc) is 2.88. The summed E-state index contributed by atoms with van der Waals surface area (Å²) in [6.07, 6.45) is 1.22. The molecule has 21 heavy (non-hydrogen) atoms. The number of carboxylic acids is 1. The zero-order valence-corrected chi connectivity index (χ0v) is 12.5. The Balaban J connectivity index is 2.16. The van der Waals surface area contributed by atoms with Gasteiger partial charge in [0.05, 0.1) is 6.26 Å². The molecule has 7 nitrogen and oxygen atoms in total. The van der Waals surface area contributed by atoms with Crippen LogP contribution in [-0.4, -0.2) is 22.0 Å². The average molecular weight is 355 g/mol. The van der Waals surface area contributed by atoms with Crippen LogP contribution in [-0.2, 0) is 6.54 Å². The van der Waals surface area contributed by atoms with Gasteiger partial charge >= 0.3 is 5.97 Å². The fourth-order valence-corrected chi connectivity index (χ4v) is 2.03. The number of carbonyl (C=O) groups is 2. The van der Waals surface area contributed by atoms with Gasteiger partial charge in [-0.25, -0.2) is 4.79 Å². The lowest BCUT2D eigenvalue weighted by molar-refractivity contribution is 0.0659. The van der Waals surface area contributed by atoms with Gasteiger partial charge < -0.3 is 19.8 Å². The van der Waals surface area contributed by atoms with Crippen LogP contribution in [0.4, 0.5) is 0 Å². The number of hydrogen-bond donors (Lipinski definition) is 3. The van der Waals surface area contributed by atoms with E-state index < -0.39 is 17.4 Å². The topological polar surface area (TPSA) is 112 Å². The molecule has 2 aromatic heterocycles. The third kappa shape index (κ3) is 3.22. The smallest absolute Gasteiger partial charge is 0.372 e. The van der Waals surface area contributed by atoms with E-state index in [1.807, 2.05) is 0 Å². The Morgan fingerprint density at radius 2 is 2.19 bits per heavy atom. The summed E-state index contributed by atoms with van der Waals surface area (Å²) in [7, 11) is 0. The van der Waals surface area contributed by atoms with Gasteiger partial charge in [-0.2, -0.15) is 0 Å². The van der Waals surface area contributed by atoms with Crippen molar-refractivity contribution in [3.63, 3.8) is 0 Å². The van der Waals surface area contributed by atoms with Gasteiger partial charge in [0.25, 0.3) is 11.5 Å². The standard InChI is InChI=1S/C13H11BrN2O5/c1-6-9(14)4-8(12(18)16-6)11(17)15-5-7-2-3-21-10(7)13(19)20/h2-4H,5H2,1H3,(H,15,17)(H,16,18)(H,19,20). The fourth-order valence-electron chi connectivity index (χ4n) is 1.70. The largest absolute Gasteiger partial charge is 0.475 e. The van der Waals surface area contributed by atoms with E-state index in [2.05, 4.69) is 26.2 Å².